The number of methoxy groups -OCH3 is 1. The Balaban J connectivity index is 1.64. The second-order valence-electron chi connectivity index (χ2n) is 4.65. The number of nitrogens with one attached hydrogen (secondary N) is 1. The van der Waals surface area contributed by atoms with Crippen molar-refractivity contribution in [2.24, 2.45) is 23.7 Å². The van der Waals surface area contributed by atoms with Crippen molar-refractivity contribution in [3.8, 4) is 0 Å². The van der Waals surface area contributed by atoms with Gasteiger partial charge in [0.2, 0.25) is 0 Å². The molecule has 3 nitrogen and oxygen atoms in total. The molecule has 0 aromatic rings. The molecule has 2 bridgehead atoms. The van der Waals surface area contributed by atoms with Crippen LogP contribution in [0.25, 0.3) is 0 Å². The van der Waals surface area contributed by atoms with Crippen LogP contribution in [0.2, 0.25) is 0 Å². The highest BCUT2D eigenvalue weighted by molar-refractivity contribution is 5.68. The summed E-state index contributed by atoms with van der Waals surface area (Å²) < 4.78 is 4.61. The van der Waals surface area contributed by atoms with E-state index in [-0.39, 0.29) is 6.09 Å². The molecule has 3 aliphatic rings. The molecule has 0 radical (unpaired) electrons. The van der Waals surface area contributed by atoms with Gasteiger partial charge < -0.3 is 10.1 Å². The summed E-state index contributed by atoms with van der Waals surface area (Å²) in [5, 5.41) is 2.95. The van der Waals surface area contributed by atoms with E-state index in [9.17, 15) is 4.79 Å². The molecule has 0 spiro atoms. The van der Waals surface area contributed by atoms with Crippen molar-refractivity contribution >= 4 is 6.09 Å². The van der Waals surface area contributed by atoms with Crippen molar-refractivity contribution in [3.05, 3.63) is 0 Å². The first-order chi connectivity index (χ1) is 6.31. The summed E-state index contributed by atoms with van der Waals surface area (Å²) in [6.07, 6.45) is 3.96. The van der Waals surface area contributed by atoms with Gasteiger partial charge >= 0.3 is 6.09 Å². The molecule has 1 N–H and O–H groups in total. The first kappa shape index (κ1) is 7.65. The van der Waals surface area contributed by atoms with Crippen molar-refractivity contribution in [3.63, 3.8) is 0 Å². The molecule has 4 unspecified atom stereocenters. The van der Waals surface area contributed by atoms with Gasteiger partial charge in [0.05, 0.1) is 7.11 Å². The third-order valence-electron chi connectivity index (χ3n) is 4.21. The van der Waals surface area contributed by atoms with Crippen molar-refractivity contribution in [1.29, 1.82) is 0 Å². The molecule has 0 heterocycles. The highest BCUT2D eigenvalue weighted by Crippen LogP contribution is 2.65. The number of amides is 1. The lowest BCUT2D eigenvalue weighted by molar-refractivity contribution is 0.168. The molecule has 4 atom stereocenters. The van der Waals surface area contributed by atoms with Gasteiger partial charge in [0, 0.05) is 6.04 Å². The first-order valence-electron chi connectivity index (χ1n) is 5.15. The molecule has 0 saturated heterocycles. The number of hydrogen-bond donors (Lipinski definition) is 1. The second-order valence-corrected chi connectivity index (χ2v) is 4.65. The summed E-state index contributed by atoms with van der Waals surface area (Å²) in [6, 6.07) is 0.457. The van der Waals surface area contributed by atoms with E-state index >= 15 is 0 Å². The summed E-state index contributed by atoms with van der Waals surface area (Å²) in [7, 11) is 1.43. The van der Waals surface area contributed by atoms with Crippen molar-refractivity contribution in [2.75, 3.05) is 7.11 Å². The van der Waals surface area contributed by atoms with Crippen LogP contribution in [0.1, 0.15) is 19.3 Å². The molecular weight excluding hydrogens is 166 g/mol. The fraction of sp³-hybridized carbons (Fsp3) is 0.900. The molecule has 0 aromatic carbocycles. The third-order valence-corrected chi connectivity index (χ3v) is 4.21. The van der Waals surface area contributed by atoms with Crippen LogP contribution in [0.3, 0.4) is 0 Å². The minimum absolute atomic E-state index is 0.251. The molecular formula is C10H15NO2. The average Bonchev–Trinajstić information content (AvgIpc) is 2.60. The van der Waals surface area contributed by atoms with Gasteiger partial charge in [0.1, 0.15) is 0 Å². The molecule has 13 heavy (non-hydrogen) atoms. The summed E-state index contributed by atoms with van der Waals surface area (Å²) in [4.78, 5) is 11.0. The average molecular weight is 181 g/mol. The summed E-state index contributed by atoms with van der Waals surface area (Å²) in [5.74, 6) is 3.44. The van der Waals surface area contributed by atoms with E-state index in [2.05, 4.69) is 10.1 Å². The van der Waals surface area contributed by atoms with Gasteiger partial charge in [-0.05, 0) is 42.9 Å². The van der Waals surface area contributed by atoms with Crippen LogP contribution < -0.4 is 5.32 Å². The largest absolute Gasteiger partial charge is 0.453 e. The Bertz CT molecular complexity index is 237. The van der Waals surface area contributed by atoms with Crippen LogP contribution in [0, 0.1) is 23.7 Å². The van der Waals surface area contributed by atoms with Gasteiger partial charge in [-0.2, -0.15) is 0 Å². The Morgan fingerprint density at radius 2 is 1.92 bits per heavy atom. The molecule has 72 valence electrons. The van der Waals surface area contributed by atoms with E-state index in [4.69, 9.17) is 0 Å². The fourth-order valence-electron chi connectivity index (χ4n) is 3.71. The SMILES string of the molecule is COC(=O)NC1C2C3CCC(C3)C12. The molecule has 3 heteroatoms. The Hall–Kier alpha value is -0.730. The van der Waals surface area contributed by atoms with E-state index in [1.807, 2.05) is 0 Å². The molecule has 0 aliphatic heterocycles. The van der Waals surface area contributed by atoms with Crippen LogP contribution in [0.15, 0.2) is 0 Å². The van der Waals surface area contributed by atoms with Crippen molar-refractivity contribution in [2.45, 2.75) is 25.3 Å². The normalized spacial score (nSPS) is 50.1. The van der Waals surface area contributed by atoms with Gasteiger partial charge in [-0.1, -0.05) is 0 Å². The van der Waals surface area contributed by atoms with Crippen LogP contribution in [-0.4, -0.2) is 19.2 Å². The van der Waals surface area contributed by atoms with E-state index in [1.54, 1.807) is 0 Å². The molecule has 3 fully saturated rings. The Morgan fingerprint density at radius 1 is 1.31 bits per heavy atom. The van der Waals surface area contributed by atoms with Gasteiger partial charge in [-0.3, -0.25) is 0 Å². The number of carbonyl (C=O) groups is 1. The first-order valence-corrected chi connectivity index (χ1v) is 5.15. The lowest BCUT2D eigenvalue weighted by atomic mass is 10.0. The minimum atomic E-state index is -0.251. The van der Waals surface area contributed by atoms with E-state index in [1.165, 1.54) is 26.4 Å². The summed E-state index contributed by atoms with van der Waals surface area (Å²) in [5.41, 5.74) is 0. The molecule has 1 amide bonds. The standard InChI is InChI=1S/C10H15NO2/c1-13-10(12)11-9-7-5-2-3-6(4-5)8(7)9/h5-9H,2-4H2,1H3,(H,11,12). The molecule has 3 rings (SSSR count). The van der Waals surface area contributed by atoms with Gasteiger partial charge in [0.15, 0.2) is 0 Å². The number of alkyl carbamates (subject to hydrolysis) is 1. The maximum Gasteiger partial charge on any atom is 0.407 e. The number of fused-ring (bicyclic) bond motifs is 5. The topological polar surface area (TPSA) is 38.3 Å². The van der Waals surface area contributed by atoms with Gasteiger partial charge in [-0.25, -0.2) is 4.79 Å². The minimum Gasteiger partial charge on any atom is -0.453 e. The molecule has 3 saturated carbocycles. The predicted molar refractivity (Wildman–Crippen MR) is 47.1 cm³/mol. The third kappa shape index (κ3) is 0.930. The monoisotopic (exact) mass is 181 g/mol. The lowest BCUT2D eigenvalue weighted by Crippen LogP contribution is -2.29. The van der Waals surface area contributed by atoms with Crippen molar-refractivity contribution in [1.82, 2.24) is 5.32 Å². The highest BCUT2D eigenvalue weighted by Gasteiger charge is 2.65. The van der Waals surface area contributed by atoms with E-state index in [0.717, 1.165) is 23.7 Å². The zero-order chi connectivity index (χ0) is 9.00. The number of hydrogen-bond acceptors (Lipinski definition) is 2. The number of carbonyl (C=O) groups excluding carboxylic acids is 1. The fourth-order valence-corrected chi connectivity index (χ4v) is 3.71. The maximum atomic E-state index is 11.0. The Labute approximate surface area is 77.8 Å². The van der Waals surface area contributed by atoms with E-state index in [0.29, 0.717) is 6.04 Å². The summed E-state index contributed by atoms with van der Waals surface area (Å²) in [6.45, 7) is 0. The van der Waals surface area contributed by atoms with Crippen LogP contribution in [0.5, 0.6) is 0 Å². The smallest absolute Gasteiger partial charge is 0.407 e. The predicted octanol–water partition coefficient (Wildman–Crippen LogP) is 1.39. The van der Waals surface area contributed by atoms with Crippen LogP contribution in [0.4, 0.5) is 4.79 Å². The highest BCUT2D eigenvalue weighted by atomic mass is 16.5. The molecule has 0 aromatic heterocycles. The van der Waals surface area contributed by atoms with Crippen LogP contribution in [-0.2, 0) is 4.74 Å². The lowest BCUT2D eigenvalue weighted by Gasteiger charge is -2.08. The Morgan fingerprint density at radius 3 is 2.46 bits per heavy atom. The van der Waals surface area contributed by atoms with Gasteiger partial charge in [0.25, 0.3) is 0 Å². The summed E-state index contributed by atoms with van der Waals surface area (Å²) >= 11 is 0. The van der Waals surface area contributed by atoms with Crippen LogP contribution >= 0.6 is 0 Å². The maximum absolute atomic E-state index is 11.0. The van der Waals surface area contributed by atoms with Gasteiger partial charge in [-0.15, -0.1) is 0 Å². The number of rotatable bonds is 1. The van der Waals surface area contributed by atoms with Crippen molar-refractivity contribution < 1.29 is 9.53 Å². The van der Waals surface area contributed by atoms with E-state index < -0.39 is 0 Å². The Kier molecular flexibility index (Phi) is 1.41. The number of ether oxygens (including phenoxy) is 1. The second kappa shape index (κ2) is 2.40. The zero-order valence-corrected chi connectivity index (χ0v) is 7.82. The zero-order valence-electron chi connectivity index (χ0n) is 7.82. The molecule has 3 aliphatic carbocycles. The quantitative estimate of drug-likeness (QED) is 0.663.